The molecule has 1 aromatic rings. The molecule has 4 nitrogen and oxygen atoms in total. The lowest BCUT2D eigenvalue weighted by Gasteiger charge is -2.17. The molecule has 0 aromatic carbocycles. The first-order chi connectivity index (χ1) is 9.65. The lowest BCUT2D eigenvalue weighted by atomic mass is 10.2. The number of hydrogen-bond donors (Lipinski definition) is 1. The molecule has 0 aliphatic carbocycles. The van der Waals surface area contributed by atoms with Gasteiger partial charge in [0.05, 0.1) is 12.9 Å². The van der Waals surface area contributed by atoms with E-state index in [1.54, 1.807) is 0 Å². The van der Waals surface area contributed by atoms with E-state index in [4.69, 9.17) is 9.15 Å². The van der Waals surface area contributed by atoms with Gasteiger partial charge in [0.2, 0.25) is 0 Å². The summed E-state index contributed by atoms with van der Waals surface area (Å²) < 4.78 is 11.2. The normalized spacial score (nSPS) is 11.7. The molecule has 20 heavy (non-hydrogen) atoms. The van der Waals surface area contributed by atoms with Crippen molar-refractivity contribution >= 4 is 0 Å². The number of likely N-dealkylation sites (N-methyl/N-ethyl adjacent to an activating group) is 1. The summed E-state index contributed by atoms with van der Waals surface area (Å²) in [5, 5.41) is 3.40. The molecule has 0 amide bonds. The van der Waals surface area contributed by atoms with Crippen LogP contribution >= 0.6 is 0 Å². The van der Waals surface area contributed by atoms with Crippen molar-refractivity contribution in [2.45, 2.75) is 40.8 Å². The van der Waals surface area contributed by atoms with Crippen LogP contribution in [-0.2, 0) is 17.9 Å². The van der Waals surface area contributed by atoms with E-state index >= 15 is 0 Å². The molecule has 116 valence electrons. The van der Waals surface area contributed by atoms with Crippen LogP contribution in [-0.4, -0.2) is 37.7 Å². The maximum Gasteiger partial charge on any atom is 0.129 e. The van der Waals surface area contributed by atoms with Crippen molar-refractivity contribution in [3.05, 3.63) is 23.7 Å². The van der Waals surface area contributed by atoms with E-state index in [0.29, 0.717) is 12.5 Å². The van der Waals surface area contributed by atoms with Crippen molar-refractivity contribution < 1.29 is 9.15 Å². The van der Waals surface area contributed by atoms with Crippen molar-refractivity contribution in [2.75, 3.05) is 32.8 Å². The van der Waals surface area contributed by atoms with Gasteiger partial charge in [-0.05, 0) is 31.6 Å². The standard InChI is InChI=1S/C16H30N2O2/c1-5-18(6-2)7-8-19-13-16-9-15(12-20-16)11-17-10-14(3)4/h9,12,14,17H,5-8,10-11,13H2,1-4H3. The molecule has 4 heteroatoms. The molecule has 1 aromatic heterocycles. The Hall–Kier alpha value is -0.840. The van der Waals surface area contributed by atoms with Crippen LogP contribution in [0.25, 0.3) is 0 Å². The largest absolute Gasteiger partial charge is 0.467 e. The molecular formula is C16H30N2O2. The Morgan fingerprint density at radius 1 is 1.30 bits per heavy atom. The fourth-order valence-electron chi connectivity index (χ4n) is 2.01. The molecule has 0 unspecified atom stereocenters. The number of rotatable bonds is 11. The Balaban J connectivity index is 2.17. The lowest BCUT2D eigenvalue weighted by molar-refractivity contribution is 0.0844. The maximum atomic E-state index is 5.65. The third kappa shape index (κ3) is 7.08. The zero-order valence-corrected chi connectivity index (χ0v) is 13.4. The van der Waals surface area contributed by atoms with Crippen LogP contribution in [0.1, 0.15) is 39.0 Å². The molecule has 1 rings (SSSR count). The van der Waals surface area contributed by atoms with Crippen molar-refractivity contribution in [1.82, 2.24) is 10.2 Å². The van der Waals surface area contributed by atoms with Gasteiger partial charge in [-0.15, -0.1) is 0 Å². The van der Waals surface area contributed by atoms with Gasteiger partial charge in [-0.2, -0.15) is 0 Å². The molecule has 0 saturated heterocycles. The van der Waals surface area contributed by atoms with Crippen LogP contribution in [0.15, 0.2) is 16.7 Å². The summed E-state index contributed by atoms with van der Waals surface area (Å²) in [6.45, 7) is 15.1. The smallest absolute Gasteiger partial charge is 0.129 e. The van der Waals surface area contributed by atoms with Crippen LogP contribution in [0, 0.1) is 5.92 Å². The maximum absolute atomic E-state index is 5.65. The van der Waals surface area contributed by atoms with Gasteiger partial charge in [0.25, 0.3) is 0 Å². The molecule has 0 fully saturated rings. The molecule has 0 atom stereocenters. The van der Waals surface area contributed by atoms with Crippen LogP contribution in [0.5, 0.6) is 0 Å². The first-order valence-corrected chi connectivity index (χ1v) is 7.72. The highest BCUT2D eigenvalue weighted by molar-refractivity contribution is 5.11. The quantitative estimate of drug-likeness (QED) is 0.633. The SMILES string of the molecule is CCN(CC)CCOCc1cc(CNCC(C)C)co1. The van der Waals surface area contributed by atoms with Gasteiger partial charge >= 0.3 is 0 Å². The first kappa shape index (κ1) is 17.2. The van der Waals surface area contributed by atoms with Gasteiger partial charge in [0.1, 0.15) is 12.4 Å². The van der Waals surface area contributed by atoms with Crippen LogP contribution in [0.2, 0.25) is 0 Å². The molecule has 1 heterocycles. The summed E-state index contributed by atoms with van der Waals surface area (Å²) in [4.78, 5) is 2.35. The highest BCUT2D eigenvalue weighted by Gasteiger charge is 2.03. The zero-order valence-electron chi connectivity index (χ0n) is 13.4. The fourth-order valence-corrected chi connectivity index (χ4v) is 2.01. The summed E-state index contributed by atoms with van der Waals surface area (Å²) in [7, 11) is 0. The minimum absolute atomic E-state index is 0.561. The molecule has 0 bridgehead atoms. The van der Waals surface area contributed by atoms with E-state index in [0.717, 1.165) is 45.1 Å². The summed E-state index contributed by atoms with van der Waals surface area (Å²) >= 11 is 0. The second-order valence-corrected chi connectivity index (χ2v) is 5.53. The summed E-state index contributed by atoms with van der Waals surface area (Å²) in [6, 6.07) is 2.07. The third-order valence-corrected chi connectivity index (χ3v) is 3.28. The van der Waals surface area contributed by atoms with Crippen LogP contribution < -0.4 is 5.32 Å². The van der Waals surface area contributed by atoms with Gasteiger partial charge in [-0.3, -0.25) is 0 Å². The van der Waals surface area contributed by atoms with E-state index in [2.05, 4.69) is 44.0 Å². The number of ether oxygens (including phenoxy) is 1. The number of furan rings is 1. The Kier molecular flexibility index (Phi) is 8.58. The Labute approximate surface area is 123 Å². The Morgan fingerprint density at radius 2 is 2.05 bits per heavy atom. The van der Waals surface area contributed by atoms with Gasteiger partial charge in [-0.1, -0.05) is 27.7 Å². The summed E-state index contributed by atoms with van der Waals surface area (Å²) in [5.74, 6) is 1.58. The zero-order chi connectivity index (χ0) is 14.8. The fraction of sp³-hybridized carbons (Fsp3) is 0.750. The minimum atomic E-state index is 0.561. The van der Waals surface area contributed by atoms with E-state index in [9.17, 15) is 0 Å². The van der Waals surface area contributed by atoms with E-state index in [-0.39, 0.29) is 0 Å². The molecule has 0 saturated carbocycles. The Bertz CT molecular complexity index is 346. The topological polar surface area (TPSA) is 37.6 Å². The monoisotopic (exact) mass is 282 g/mol. The van der Waals surface area contributed by atoms with Crippen molar-refractivity contribution in [3.63, 3.8) is 0 Å². The van der Waals surface area contributed by atoms with E-state index in [1.165, 1.54) is 5.56 Å². The molecule has 0 aliphatic rings. The second kappa shape index (κ2) is 9.97. The Morgan fingerprint density at radius 3 is 2.70 bits per heavy atom. The average Bonchev–Trinajstić information content (AvgIpc) is 2.86. The predicted octanol–water partition coefficient (Wildman–Crippen LogP) is 2.88. The van der Waals surface area contributed by atoms with Gasteiger partial charge in [0, 0.05) is 18.7 Å². The van der Waals surface area contributed by atoms with Gasteiger partial charge in [0.15, 0.2) is 0 Å². The summed E-state index contributed by atoms with van der Waals surface area (Å²) in [5.41, 5.74) is 1.19. The number of nitrogens with zero attached hydrogens (tertiary/aromatic N) is 1. The first-order valence-electron chi connectivity index (χ1n) is 7.72. The highest BCUT2D eigenvalue weighted by Crippen LogP contribution is 2.09. The predicted molar refractivity (Wildman–Crippen MR) is 82.7 cm³/mol. The molecule has 1 N–H and O–H groups in total. The number of hydrogen-bond acceptors (Lipinski definition) is 4. The van der Waals surface area contributed by atoms with Crippen LogP contribution in [0.3, 0.4) is 0 Å². The minimum Gasteiger partial charge on any atom is -0.467 e. The van der Waals surface area contributed by atoms with Crippen molar-refractivity contribution in [1.29, 1.82) is 0 Å². The lowest BCUT2D eigenvalue weighted by Crippen LogP contribution is -2.26. The average molecular weight is 282 g/mol. The molecular weight excluding hydrogens is 252 g/mol. The van der Waals surface area contributed by atoms with Gasteiger partial charge < -0.3 is 19.4 Å². The molecule has 0 radical (unpaired) electrons. The van der Waals surface area contributed by atoms with E-state index < -0.39 is 0 Å². The van der Waals surface area contributed by atoms with E-state index in [1.807, 2.05) is 6.26 Å². The van der Waals surface area contributed by atoms with Crippen molar-refractivity contribution in [2.24, 2.45) is 5.92 Å². The van der Waals surface area contributed by atoms with Crippen molar-refractivity contribution in [3.8, 4) is 0 Å². The van der Waals surface area contributed by atoms with Gasteiger partial charge in [-0.25, -0.2) is 0 Å². The second-order valence-electron chi connectivity index (χ2n) is 5.53. The highest BCUT2D eigenvalue weighted by atomic mass is 16.5. The summed E-state index contributed by atoms with van der Waals surface area (Å²) in [6.07, 6.45) is 1.82. The molecule has 0 aliphatic heterocycles. The van der Waals surface area contributed by atoms with Crippen LogP contribution in [0.4, 0.5) is 0 Å². The molecule has 0 spiro atoms. The number of nitrogens with one attached hydrogen (secondary N) is 1. The third-order valence-electron chi connectivity index (χ3n) is 3.28.